The van der Waals surface area contributed by atoms with Crippen LogP contribution in [0.1, 0.15) is 32.6 Å². The van der Waals surface area contributed by atoms with Gasteiger partial charge in [0.25, 0.3) is 0 Å². The Hall–Kier alpha value is 0.580. The van der Waals surface area contributed by atoms with E-state index in [2.05, 4.69) is 11.8 Å². The number of piperidine rings is 1. The summed E-state index contributed by atoms with van der Waals surface area (Å²) < 4.78 is 5.67. The van der Waals surface area contributed by atoms with Crippen molar-refractivity contribution in [3.63, 3.8) is 0 Å². The van der Waals surface area contributed by atoms with E-state index < -0.39 is 0 Å². The van der Waals surface area contributed by atoms with Crippen molar-refractivity contribution in [3.05, 3.63) is 0 Å². The smallest absolute Gasteiger partial charge is 0.0593 e. The van der Waals surface area contributed by atoms with E-state index in [4.69, 9.17) is 9.84 Å². The van der Waals surface area contributed by atoms with E-state index in [1.54, 1.807) is 21.6 Å². The molecule has 1 aliphatic rings. The molecule has 0 spiro atoms. The molecule has 108 valence electrons. The number of hydrogen-bond donors (Lipinski definition) is 1. The van der Waals surface area contributed by atoms with E-state index in [-0.39, 0.29) is 6.61 Å². The van der Waals surface area contributed by atoms with Gasteiger partial charge in [0.1, 0.15) is 0 Å². The quantitative estimate of drug-likeness (QED) is 0.494. The van der Waals surface area contributed by atoms with Crippen LogP contribution in [0.2, 0.25) is 0 Å². The Morgan fingerprint density at radius 1 is 1.22 bits per heavy atom. The van der Waals surface area contributed by atoms with Gasteiger partial charge >= 0.3 is 0 Å². The minimum atomic E-state index is 0.270. The summed E-state index contributed by atoms with van der Waals surface area (Å²) >= 11 is 0. The molecule has 1 fully saturated rings. The monoisotopic (exact) mass is 293 g/mol. The Balaban J connectivity index is 1.93. The summed E-state index contributed by atoms with van der Waals surface area (Å²) in [6.07, 6.45) is 5.39. The summed E-state index contributed by atoms with van der Waals surface area (Å²) in [5, 5.41) is 8.63. The molecule has 0 aromatic carbocycles. The second kappa shape index (κ2) is 11.4. The molecule has 0 saturated carbocycles. The maximum absolute atomic E-state index is 8.63. The van der Waals surface area contributed by atoms with Gasteiger partial charge in [-0.05, 0) is 25.8 Å². The highest BCUT2D eigenvalue weighted by molar-refractivity contribution is 8.76. The average molecular weight is 293 g/mol. The van der Waals surface area contributed by atoms with E-state index >= 15 is 0 Å². The van der Waals surface area contributed by atoms with E-state index in [0.29, 0.717) is 0 Å². The van der Waals surface area contributed by atoms with Gasteiger partial charge in [0.15, 0.2) is 0 Å². The molecule has 0 bridgehead atoms. The van der Waals surface area contributed by atoms with Crippen molar-refractivity contribution in [3.8, 4) is 0 Å². The summed E-state index contributed by atoms with van der Waals surface area (Å²) in [7, 11) is 3.51. The number of rotatable bonds is 10. The third-order valence-electron chi connectivity index (χ3n) is 3.31. The van der Waals surface area contributed by atoms with Crippen molar-refractivity contribution in [2.75, 3.05) is 44.4 Å². The molecule has 0 radical (unpaired) electrons. The van der Waals surface area contributed by atoms with Gasteiger partial charge in [-0.2, -0.15) is 0 Å². The molecule has 1 aliphatic heterocycles. The third kappa shape index (κ3) is 7.24. The molecule has 18 heavy (non-hydrogen) atoms. The molecular weight excluding hydrogens is 266 g/mol. The van der Waals surface area contributed by atoms with Crippen LogP contribution in [0, 0.1) is 0 Å². The molecule has 3 nitrogen and oxygen atoms in total. The van der Waals surface area contributed by atoms with E-state index in [1.807, 2.05) is 0 Å². The molecule has 0 amide bonds. The lowest BCUT2D eigenvalue weighted by Crippen LogP contribution is -2.41. The molecule has 1 unspecified atom stereocenters. The summed E-state index contributed by atoms with van der Waals surface area (Å²) in [6.45, 7) is 6.59. The minimum absolute atomic E-state index is 0.270. The summed E-state index contributed by atoms with van der Waals surface area (Å²) in [5.74, 6) is 1.83. The van der Waals surface area contributed by atoms with Crippen LogP contribution in [-0.2, 0) is 4.74 Å². The minimum Gasteiger partial charge on any atom is -0.395 e. The topological polar surface area (TPSA) is 32.7 Å². The molecular formula is C13H27NO2S2. The lowest BCUT2D eigenvalue weighted by Gasteiger charge is -2.35. The fourth-order valence-corrected chi connectivity index (χ4v) is 3.98. The van der Waals surface area contributed by atoms with Gasteiger partial charge in [-0.3, -0.25) is 4.90 Å². The zero-order chi connectivity index (χ0) is 13.1. The molecule has 0 aromatic heterocycles. The zero-order valence-corrected chi connectivity index (χ0v) is 13.1. The highest BCUT2D eigenvalue weighted by atomic mass is 33.1. The maximum atomic E-state index is 8.63. The van der Waals surface area contributed by atoms with Gasteiger partial charge in [-0.15, -0.1) is 0 Å². The molecule has 1 rings (SSSR count). The number of nitrogens with zero attached hydrogens (tertiary/aromatic N) is 1. The van der Waals surface area contributed by atoms with Crippen molar-refractivity contribution in [2.45, 2.75) is 38.6 Å². The Kier molecular flexibility index (Phi) is 10.5. The van der Waals surface area contributed by atoms with Crippen molar-refractivity contribution in [1.29, 1.82) is 0 Å². The van der Waals surface area contributed by atoms with Gasteiger partial charge in [0.2, 0.25) is 0 Å². The standard InChI is InChI=1S/C13H27NO2S2/c1-2-13-5-3-4-6-14(13)7-9-16-10-12-18-17-11-8-15/h13,15H,2-12H2,1H3. The second-order valence-corrected chi connectivity index (χ2v) is 7.28. The fraction of sp³-hybridized carbons (Fsp3) is 1.00. The first-order chi connectivity index (χ1) is 8.88. The van der Waals surface area contributed by atoms with Crippen LogP contribution in [-0.4, -0.2) is 60.5 Å². The largest absolute Gasteiger partial charge is 0.395 e. The SMILES string of the molecule is CCC1CCCCN1CCOCCSSCCO. The number of aliphatic hydroxyl groups is 1. The number of likely N-dealkylation sites (tertiary alicyclic amines) is 1. The van der Waals surface area contributed by atoms with Crippen molar-refractivity contribution in [1.82, 2.24) is 4.90 Å². The highest BCUT2D eigenvalue weighted by Crippen LogP contribution is 2.20. The third-order valence-corrected chi connectivity index (χ3v) is 5.66. The Morgan fingerprint density at radius 2 is 2.06 bits per heavy atom. The first-order valence-corrected chi connectivity index (χ1v) is 9.54. The first kappa shape index (κ1) is 16.6. The molecule has 1 N–H and O–H groups in total. The van der Waals surface area contributed by atoms with E-state index in [0.717, 1.165) is 37.3 Å². The molecule has 0 aliphatic carbocycles. The van der Waals surface area contributed by atoms with Crippen molar-refractivity contribution >= 4 is 21.6 Å². The summed E-state index contributed by atoms with van der Waals surface area (Å²) in [4.78, 5) is 2.59. The van der Waals surface area contributed by atoms with Crippen molar-refractivity contribution in [2.24, 2.45) is 0 Å². The Labute approximate surface area is 119 Å². The number of hydrogen-bond acceptors (Lipinski definition) is 5. The molecule has 1 heterocycles. The van der Waals surface area contributed by atoms with Crippen molar-refractivity contribution < 1.29 is 9.84 Å². The molecule has 5 heteroatoms. The average Bonchev–Trinajstić information content (AvgIpc) is 2.42. The molecule has 0 aromatic rings. The zero-order valence-electron chi connectivity index (χ0n) is 11.5. The van der Waals surface area contributed by atoms with Crippen LogP contribution >= 0.6 is 21.6 Å². The second-order valence-electron chi connectivity index (χ2n) is 4.57. The first-order valence-electron chi connectivity index (χ1n) is 7.05. The predicted octanol–water partition coefficient (Wildman–Crippen LogP) is 2.64. The lowest BCUT2D eigenvalue weighted by atomic mass is 10.0. The van der Waals surface area contributed by atoms with E-state index in [9.17, 15) is 0 Å². The van der Waals surface area contributed by atoms with Crippen LogP contribution in [0.5, 0.6) is 0 Å². The maximum Gasteiger partial charge on any atom is 0.0593 e. The number of aliphatic hydroxyl groups excluding tert-OH is 1. The van der Waals surface area contributed by atoms with Crippen LogP contribution in [0.15, 0.2) is 0 Å². The Bertz CT molecular complexity index is 196. The lowest BCUT2D eigenvalue weighted by molar-refractivity contribution is 0.0771. The van der Waals surface area contributed by atoms with Crippen LogP contribution in [0.25, 0.3) is 0 Å². The highest BCUT2D eigenvalue weighted by Gasteiger charge is 2.19. The van der Waals surface area contributed by atoms with Gasteiger partial charge < -0.3 is 9.84 Å². The van der Waals surface area contributed by atoms with Gasteiger partial charge in [-0.1, -0.05) is 34.9 Å². The van der Waals surface area contributed by atoms with Gasteiger partial charge in [0, 0.05) is 24.1 Å². The van der Waals surface area contributed by atoms with Gasteiger partial charge in [-0.25, -0.2) is 0 Å². The normalized spacial score (nSPS) is 21.3. The molecule has 1 atom stereocenters. The Morgan fingerprint density at radius 3 is 2.83 bits per heavy atom. The summed E-state index contributed by atoms with van der Waals surface area (Å²) in [6, 6.07) is 0.789. The number of ether oxygens (including phenoxy) is 1. The van der Waals surface area contributed by atoms with E-state index in [1.165, 1.54) is 32.2 Å². The van der Waals surface area contributed by atoms with Crippen LogP contribution < -0.4 is 0 Å². The molecule has 1 saturated heterocycles. The fourth-order valence-electron chi connectivity index (χ4n) is 2.35. The predicted molar refractivity (Wildman–Crippen MR) is 82.3 cm³/mol. The van der Waals surface area contributed by atoms with Crippen LogP contribution in [0.4, 0.5) is 0 Å². The summed E-state index contributed by atoms with van der Waals surface area (Å²) in [5.41, 5.74) is 0. The van der Waals surface area contributed by atoms with Gasteiger partial charge in [0.05, 0.1) is 19.8 Å². The van der Waals surface area contributed by atoms with Crippen LogP contribution in [0.3, 0.4) is 0 Å².